The van der Waals surface area contributed by atoms with Crippen molar-refractivity contribution in [1.82, 2.24) is 4.90 Å². The van der Waals surface area contributed by atoms with Crippen LogP contribution in [-0.2, 0) is 14.6 Å². The summed E-state index contributed by atoms with van der Waals surface area (Å²) in [5, 5.41) is 5.35. The number of anilines is 2. The summed E-state index contributed by atoms with van der Waals surface area (Å²) in [6.07, 6.45) is 5.81. The van der Waals surface area contributed by atoms with Gasteiger partial charge in [-0.1, -0.05) is 18.1 Å². The number of hydrogen-bond donors (Lipinski definition) is 2. The Hall–Kier alpha value is -3.22. The number of halogens is 1. The number of sulfone groups is 1. The number of hydrogen-bond acceptors (Lipinski definition) is 5. The highest BCUT2D eigenvalue weighted by Crippen LogP contribution is 2.20. The molecule has 0 spiro atoms. The van der Waals surface area contributed by atoms with Gasteiger partial charge in [-0.3, -0.25) is 14.5 Å². The number of amides is 2. The smallest absolute Gasteiger partial charge is 0.257 e. The molecule has 7 nitrogen and oxygen atoms in total. The van der Waals surface area contributed by atoms with Gasteiger partial charge in [0.05, 0.1) is 35.8 Å². The molecule has 3 rings (SSSR count). The molecule has 0 aromatic heterocycles. The molecule has 0 radical (unpaired) electrons. The molecule has 2 N–H and O–H groups in total. The van der Waals surface area contributed by atoms with Gasteiger partial charge in [0.15, 0.2) is 9.84 Å². The first-order valence-electron chi connectivity index (χ1n) is 9.61. The predicted octanol–water partition coefficient (Wildman–Crippen LogP) is 2.14. The molecule has 1 saturated heterocycles. The Morgan fingerprint density at radius 3 is 2.48 bits per heavy atom. The first kappa shape index (κ1) is 22.5. The van der Waals surface area contributed by atoms with Crippen LogP contribution in [0.2, 0.25) is 0 Å². The van der Waals surface area contributed by atoms with Crippen LogP contribution in [0.5, 0.6) is 0 Å². The fraction of sp³-hybridized carbons (Fsp3) is 0.273. The number of terminal acetylenes is 1. The van der Waals surface area contributed by atoms with Gasteiger partial charge in [0.2, 0.25) is 5.91 Å². The molecular weight excluding hydrogens is 421 g/mol. The van der Waals surface area contributed by atoms with E-state index >= 15 is 0 Å². The summed E-state index contributed by atoms with van der Waals surface area (Å²) >= 11 is 0. The normalized spacial score (nSPS) is 17.1. The molecule has 1 aliphatic heterocycles. The van der Waals surface area contributed by atoms with Crippen molar-refractivity contribution in [2.24, 2.45) is 0 Å². The van der Waals surface area contributed by atoms with Crippen LogP contribution in [0.1, 0.15) is 16.8 Å². The first-order valence-corrected chi connectivity index (χ1v) is 11.4. The van der Waals surface area contributed by atoms with Gasteiger partial charge in [0.25, 0.3) is 5.91 Å². The van der Waals surface area contributed by atoms with Crippen molar-refractivity contribution in [2.75, 3.05) is 35.2 Å². The zero-order valence-corrected chi connectivity index (χ0v) is 17.5. The van der Waals surface area contributed by atoms with Gasteiger partial charge >= 0.3 is 0 Å². The Labute approximate surface area is 180 Å². The number of rotatable bonds is 7. The number of nitrogens with one attached hydrogen (secondary N) is 2. The lowest BCUT2D eigenvalue weighted by Crippen LogP contribution is -2.42. The van der Waals surface area contributed by atoms with Crippen LogP contribution in [0.25, 0.3) is 0 Å². The summed E-state index contributed by atoms with van der Waals surface area (Å²) in [6, 6.07) is 11.5. The van der Waals surface area contributed by atoms with E-state index in [0.717, 1.165) is 0 Å². The topological polar surface area (TPSA) is 95.6 Å². The van der Waals surface area contributed by atoms with E-state index in [4.69, 9.17) is 6.42 Å². The van der Waals surface area contributed by atoms with Crippen LogP contribution < -0.4 is 10.6 Å². The number of nitrogens with zero attached hydrogens (tertiary/aromatic N) is 1. The Kier molecular flexibility index (Phi) is 7.05. The van der Waals surface area contributed by atoms with Gasteiger partial charge in [-0.25, -0.2) is 12.8 Å². The second-order valence-electron chi connectivity index (χ2n) is 7.22. The largest absolute Gasteiger partial charge is 0.324 e. The second kappa shape index (κ2) is 9.73. The van der Waals surface area contributed by atoms with Crippen LogP contribution in [0, 0.1) is 18.2 Å². The van der Waals surface area contributed by atoms with E-state index in [-0.39, 0.29) is 36.2 Å². The van der Waals surface area contributed by atoms with Crippen molar-refractivity contribution in [1.29, 1.82) is 0 Å². The molecule has 162 valence electrons. The van der Waals surface area contributed by atoms with Crippen molar-refractivity contribution < 1.29 is 22.4 Å². The van der Waals surface area contributed by atoms with E-state index in [1.165, 1.54) is 24.3 Å². The van der Waals surface area contributed by atoms with Crippen molar-refractivity contribution >= 4 is 33.0 Å². The van der Waals surface area contributed by atoms with Gasteiger partial charge in [-0.15, -0.1) is 6.42 Å². The SMILES string of the molecule is C#CCN(CC(=O)Nc1ccccc1C(=O)Nc1ccc(F)cc1)C1CCS(=O)(=O)C1. The molecule has 9 heteroatoms. The zero-order chi connectivity index (χ0) is 22.4. The molecule has 31 heavy (non-hydrogen) atoms. The number of carbonyl (C=O) groups is 2. The summed E-state index contributed by atoms with van der Waals surface area (Å²) in [4.78, 5) is 26.9. The third-order valence-electron chi connectivity index (χ3n) is 4.91. The molecule has 1 aliphatic rings. The van der Waals surface area contributed by atoms with Crippen molar-refractivity contribution in [2.45, 2.75) is 12.5 Å². The quantitative estimate of drug-likeness (QED) is 0.640. The van der Waals surface area contributed by atoms with E-state index in [1.807, 2.05) is 0 Å². The van der Waals surface area contributed by atoms with E-state index in [0.29, 0.717) is 17.8 Å². The number of para-hydroxylation sites is 1. The highest BCUT2D eigenvalue weighted by atomic mass is 32.2. The molecule has 0 aliphatic carbocycles. The fourth-order valence-corrected chi connectivity index (χ4v) is 5.15. The van der Waals surface area contributed by atoms with Crippen LogP contribution in [0.15, 0.2) is 48.5 Å². The van der Waals surface area contributed by atoms with Gasteiger partial charge in [0.1, 0.15) is 5.82 Å². The van der Waals surface area contributed by atoms with Gasteiger partial charge in [-0.2, -0.15) is 0 Å². The van der Waals surface area contributed by atoms with Crippen LogP contribution in [0.4, 0.5) is 15.8 Å². The summed E-state index contributed by atoms with van der Waals surface area (Å²) in [7, 11) is -3.12. The fourth-order valence-electron chi connectivity index (χ4n) is 3.39. The van der Waals surface area contributed by atoms with E-state index in [2.05, 4.69) is 16.6 Å². The minimum Gasteiger partial charge on any atom is -0.324 e. The molecular formula is C22H22FN3O4S. The molecule has 0 bridgehead atoms. The summed E-state index contributed by atoms with van der Waals surface area (Å²) < 4.78 is 36.6. The number of benzene rings is 2. The Balaban J connectivity index is 1.69. The van der Waals surface area contributed by atoms with E-state index < -0.39 is 27.5 Å². The Bertz CT molecular complexity index is 1110. The van der Waals surface area contributed by atoms with Crippen LogP contribution in [-0.4, -0.2) is 55.8 Å². The standard InChI is InChI=1S/C22H22FN3O4S/c1-2-12-26(18-11-13-31(29,30)15-18)14-21(27)25-20-6-4-3-5-19(20)22(28)24-17-9-7-16(23)8-10-17/h1,3-10,18H,11-15H2,(H,24,28)(H,25,27). The van der Waals surface area contributed by atoms with Gasteiger partial charge in [-0.05, 0) is 42.8 Å². The molecule has 2 aromatic carbocycles. The minimum atomic E-state index is -3.12. The van der Waals surface area contributed by atoms with Crippen molar-refractivity contribution in [3.05, 3.63) is 59.9 Å². The molecule has 1 unspecified atom stereocenters. The monoisotopic (exact) mass is 443 g/mol. The average molecular weight is 444 g/mol. The maximum absolute atomic E-state index is 13.1. The highest BCUT2D eigenvalue weighted by molar-refractivity contribution is 7.91. The average Bonchev–Trinajstić information content (AvgIpc) is 3.09. The molecule has 1 atom stereocenters. The molecule has 1 heterocycles. The molecule has 2 aromatic rings. The molecule has 0 saturated carbocycles. The summed E-state index contributed by atoms with van der Waals surface area (Å²) in [5.41, 5.74) is 0.939. The zero-order valence-electron chi connectivity index (χ0n) is 16.7. The number of carbonyl (C=O) groups excluding carboxylic acids is 2. The lowest BCUT2D eigenvalue weighted by atomic mass is 10.1. The summed E-state index contributed by atoms with van der Waals surface area (Å²) in [5.74, 6) is 1.21. The van der Waals surface area contributed by atoms with Crippen molar-refractivity contribution in [3.8, 4) is 12.3 Å². The Morgan fingerprint density at radius 2 is 1.84 bits per heavy atom. The summed E-state index contributed by atoms with van der Waals surface area (Å²) in [6.45, 7) is 0.0403. The maximum Gasteiger partial charge on any atom is 0.257 e. The van der Waals surface area contributed by atoms with E-state index in [1.54, 1.807) is 29.2 Å². The lowest BCUT2D eigenvalue weighted by Gasteiger charge is -2.25. The van der Waals surface area contributed by atoms with Gasteiger partial charge in [0, 0.05) is 11.7 Å². The lowest BCUT2D eigenvalue weighted by molar-refractivity contribution is -0.117. The minimum absolute atomic E-state index is 0.0291. The maximum atomic E-state index is 13.1. The van der Waals surface area contributed by atoms with Gasteiger partial charge < -0.3 is 10.6 Å². The van der Waals surface area contributed by atoms with E-state index in [9.17, 15) is 22.4 Å². The van der Waals surface area contributed by atoms with Crippen LogP contribution >= 0.6 is 0 Å². The van der Waals surface area contributed by atoms with Crippen LogP contribution in [0.3, 0.4) is 0 Å². The molecule has 1 fully saturated rings. The third kappa shape index (κ3) is 6.13. The van der Waals surface area contributed by atoms with Crippen molar-refractivity contribution in [3.63, 3.8) is 0 Å². The third-order valence-corrected chi connectivity index (χ3v) is 6.66. The molecule has 2 amide bonds. The second-order valence-corrected chi connectivity index (χ2v) is 9.45. The highest BCUT2D eigenvalue weighted by Gasteiger charge is 2.32. The first-order chi connectivity index (χ1) is 14.8. The Morgan fingerprint density at radius 1 is 1.13 bits per heavy atom. The predicted molar refractivity (Wildman–Crippen MR) is 117 cm³/mol.